The Morgan fingerprint density at radius 1 is 1.15 bits per heavy atom. The molecule has 1 unspecified atom stereocenters. The molecule has 0 amide bonds. The van der Waals surface area contributed by atoms with E-state index in [0.29, 0.717) is 38.8 Å². The predicted molar refractivity (Wildman–Crippen MR) is 107 cm³/mol. The van der Waals surface area contributed by atoms with Crippen molar-refractivity contribution in [2.45, 2.75) is 27.4 Å². The standard InChI is InChI=1S/C18H32N4O3S/c1-4-19-18(20-11-12-22-26(23,24)5-2)21-13-16(3)14-25-15-17-9-7-6-8-10-17/h6-10,16,22H,4-5,11-15H2,1-3H3,(H2,19,20,21). The third-order valence-corrected chi connectivity index (χ3v) is 4.94. The number of hydrogen-bond acceptors (Lipinski definition) is 4. The van der Waals surface area contributed by atoms with Crippen LogP contribution in [-0.4, -0.2) is 52.9 Å². The Morgan fingerprint density at radius 2 is 1.88 bits per heavy atom. The molecule has 1 aromatic carbocycles. The zero-order valence-corrected chi connectivity index (χ0v) is 16.8. The van der Waals surface area contributed by atoms with Gasteiger partial charge in [-0.15, -0.1) is 0 Å². The molecule has 0 heterocycles. The quantitative estimate of drug-likeness (QED) is 0.287. The van der Waals surface area contributed by atoms with Gasteiger partial charge in [0.2, 0.25) is 10.0 Å². The minimum Gasteiger partial charge on any atom is -0.376 e. The predicted octanol–water partition coefficient (Wildman–Crippen LogP) is 1.33. The first-order valence-corrected chi connectivity index (χ1v) is 10.7. The van der Waals surface area contributed by atoms with Crippen LogP contribution in [0.25, 0.3) is 0 Å². The second kappa shape index (κ2) is 12.7. The number of guanidine groups is 1. The molecule has 0 fully saturated rings. The van der Waals surface area contributed by atoms with Crippen LogP contribution in [0.15, 0.2) is 35.3 Å². The average Bonchev–Trinajstić information content (AvgIpc) is 2.64. The van der Waals surface area contributed by atoms with Crippen LogP contribution in [0.1, 0.15) is 26.3 Å². The number of sulfonamides is 1. The summed E-state index contributed by atoms with van der Waals surface area (Å²) in [6.07, 6.45) is 0. The van der Waals surface area contributed by atoms with Crippen molar-refractivity contribution < 1.29 is 13.2 Å². The van der Waals surface area contributed by atoms with Crippen LogP contribution in [0.2, 0.25) is 0 Å². The SMILES string of the molecule is CCNC(=NCC(C)COCc1ccccc1)NCCNS(=O)(=O)CC. The summed E-state index contributed by atoms with van der Waals surface area (Å²) in [5.74, 6) is 1.05. The van der Waals surface area contributed by atoms with Gasteiger partial charge < -0.3 is 15.4 Å². The third-order valence-electron chi connectivity index (χ3n) is 3.54. The van der Waals surface area contributed by atoms with Crippen LogP contribution in [0.4, 0.5) is 0 Å². The summed E-state index contributed by atoms with van der Waals surface area (Å²) in [6, 6.07) is 10.1. The highest BCUT2D eigenvalue weighted by Gasteiger charge is 2.06. The molecule has 0 aliphatic carbocycles. The summed E-state index contributed by atoms with van der Waals surface area (Å²) in [5, 5.41) is 6.28. The van der Waals surface area contributed by atoms with Gasteiger partial charge in [0.25, 0.3) is 0 Å². The van der Waals surface area contributed by atoms with Gasteiger partial charge in [0.05, 0.1) is 19.0 Å². The zero-order valence-electron chi connectivity index (χ0n) is 16.0. The summed E-state index contributed by atoms with van der Waals surface area (Å²) in [4.78, 5) is 4.53. The zero-order chi connectivity index (χ0) is 19.3. The fourth-order valence-corrected chi connectivity index (χ4v) is 2.70. The molecular formula is C18H32N4O3S. The maximum absolute atomic E-state index is 11.4. The molecule has 0 aliphatic heterocycles. The van der Waals surface area contributed by atoms with Crippen molar-refractivity contribution in [3.8, 4) is 0 Å². The lowest BCUT2D eigenvalue weighted by molar-refractivity contribution is 0.0945. The highest BCUT2D eigenvalue weighted by molar-refractivity contribution is 7.89. The summed E-state index contributed by atoms with van der Waals surface area (Å²) in [5.41, 5.74) is 1.16. The van der Waals surface area contributed by atoms with Gasteiger partial charge in [0, 0.05) is 26.2 Å². The minimum atomic E-state index is -3.16. The molecule has 148 valence electrons. The Hall–Kier alpha value is -1.64. The molecular weight excluding hydrogens is 352 g/mol. The van der Waals surface area contributed by atoms with Crippen LogP contribution in [0, 0.1) is 5.92 Å². The number of aliphatic imine (C=N–C) groups is 1. The molecule has 7 nitrogen and oxygen atoms in total. The van der Waals surface area contributed by atoms with E-state index in [9.17, 15) is 8.42 Å². The van der Waals surface area contributed by atoms with Gasteiger partial charge in [-0.25, -0.2) is 13.1 Å². The molecule has 3 N–H and O–H groups in total. The van der Waals surface area contributed by atoms with Crippen molar-refractivity contribution in [2.75, 3.05) is 38.5 Å². The largest absolute Gasteiger partial charge is 0.376 e. The Morgan fingerprint density at radius 3 is 2.54 bits per heavy atom. The lowest BCUT2D eigenvalue weighted by Gasteiger charge is -2.14. The van der Waals surface area contributed by atoms with Crippen LogP contribution >= 0.6 is 0 Å². The molecule has 1 aromatic rings. The number of nitrogens with zero attached hydrogens (tertiary/aromatic N) is 1. The fourth-order valence-electron chi connectivity index (χ4n) is 2.08. The van der Waals surface area contributed by atoms with E-state index >= 15 is 0 Å². The van der Waals surface area contributed by atoms with Crippen molar-refractivity contribution >= 4 is 16.0 Å². The van der Waals surface area contributed by atoms with Crippen molar-refractivity contribution in [2.24, 2.45) is 10.9 Å². The summed E-state index contributed by atoms with van der Waals surface area (Å²) in [6.45, 7) is 9.11. The molecule has 0 spiro atoms. The van der Waals surface area contributed by atoms with Gasteiger partial charge in [0.15, 0.2) is 5.96 Å². The highest BCUT2D eigenvalue weighted by Crippen LogP contribution is 2.03. The molecule has 0 aliphatic rings. The molecule has 26 heavy (non-hydrogen) atoms. The van der Waals surface area contributed by atoms with E-state index in [1.165, 1.54) is 0 Å². The fraction of sp³-hybridized carbons (Fsp3) is 0.611. The van der Waals surface area contributed by atoms with E-state index in [-0.39, 0.29) is 11.7 Å². The van der Waals surface area contributed by atoms with Crippen molar-refractivity contribution in [1.29, 1.82) is 0 Å². The molecule has 1 atom stereocenters. The van der Waals surface area contributed by atoms with Gasteiger partial charge in [-0.3, -0.25) is 4.99 Å². The third kappa shape index (κ3) is 10.4. The van der Waals surface area contributed by atoms with Gasteiger partial charge in [-0.1, -0.05) is 37.3 Å². The van der Waals surface area contributed by atoms with Crippen LogP contribution < -0.4 is 15.4 Å². The summed E-state index contributed by atoms with van der Waals surface area (Å²) in [7, 11) is -3.16. The van der Waals surface area contributed by atoms with Crippen LogP contribution in [0.5, 0.6) is 0 Å². The van der Waals surface area contributed by atoms with E-state index in [1.807, 2.05) is 37.3 Å². The maximum atomic E-state index is 11.4. The van der Waals surface area contributed by atoms with Gasteiger partial charge in [0.1, 0.15) is 0 Å². The second-order valence-electron chi connectivity index (χ2n) is 6.05. The topological polar surface area (TPSA) is 91.8 Å². The highest BCUT2D eigenvalue weighted by atomic mass is 32.2. The van der Waals surface area contributed by atoms with E-state index < -0.39 is 10.0 Å². The summed E-state index contributed by atoms with van der Waals surface area (Å²) >= 11 is 0. The van der Waals surface area contributed by atoms with Gasteiger partial charge >= 0.3 is 0 Å². The lowest BCUT2D eigenvalue weighted by atomic mass is 10.2. The monoisotopic (exact) mass is 384 g/mol. The number of hydrogen-bond donors (Lipinski definition) is 3. The van der Waals surface area contributed by atoms with Crippen LogP contribution in [0.3, 0.4) is 0 Å². The Bertz CT molecular complexity index is 621. The Balaban J connectivity index is 2.30. The van der Waals surface area contributed by atoms with E-state index in [2.05, 4.69) is 27.3 Å². The normalized spacial score (nSPS) is 13.4. The minimum absolute atomic E-state index is 0.0850. The van der Waals surface area contributed by atoms with Gasteiger partial charge in [-0.2, -0.15) is 0 Å². The maximum Gasteiger partial charge on any atom is 0.211 e. The first-order valence-electron chi connectivity index (χ1n) is 9.08. The Labute approximate surface area is 157 Å². The van der Waals surface area contributed by atoms with E-state index in [0.717, 1.165) is 12.1 Å². The molecule has 8 heteroatoms. The van der Waals surface area contributed by atoms with Crippen molar-refractivity contribution in [3.05, 3.63) is 35.9 Å². The number of benzene rings is 1. The smallest absolute Gasteiger partial charge is 0.211 e. The summed E-state index contributed by atoms with van der Waals surface area (Å²) < 4.78 is 31.0. The average molecular weight is 385 g/mol. The number of rotatable bonds is 12. The molecule has 0 saturated carbocycles. The molecule has 0 saturated heterocycles. The lowest BCUT2D eigenvalue weighted by Crippen LogP contribution is -2.42. The molecule has 0 bridgehead atoms. The van der Waals surface area contributed by atoms with E-state index in [1.54, 1.807) is 6.92 Å². The van der Waals surface area contributed by atoms with Crippen molar-refractivity contribution in [3.63, 3.8) is 0 Å². The molecule has 0 radical (unpaired) electrons. The first kappa shape index (κ1) is 22.4. The number of ether oxygens (including phenoxy) is 1. The first-order chi connectivity index (χ1) is 12.5. The molecule has 1 rings (SSSR count). The number of nitrogens with one attached hydrogen (secondary N) is 3. The molecule has 0 aromatic heterocycles. The van der Waals surface area contributed by atoms with E-state index in [4.69, 9.17) is 4.74 Å². The second-order valence-corrected chi connectivity index (χ2v) is 8.15. The van der Waals surface area contributed by atoms with Gasteiger partial charge in [-0.05, 0) is 25.3 Å². The van der Waals surface area contributed by atoms with Crippen LogP contribution in [-0.2, 0) is 21.4 Å². The van der Waals surface area contributed by atoms with Crippen molar-refractivity contribution in [1.82, 2.24) is 15.4 Å². The Kier molecular flexibility index (Phi) is 10.9.